The molecule has 1 aromatic carbocycles. The van der Waals surface area contributed by atoms with Gasteiger partial charge in [-0.05, 0) is 30.0 Å². The summed E-state index contributed by atoms with van der Waals surface area (Å²) >= 11 is 0. The van der Waals surface area contributed by atoms with Gasteiger partial charge < -0.3 is 4.74 Å². The van der Waals surface area contributed by atoms with Crippen molar-refractivity contribution in [2.45, 2.75) is 32.9 Å². The molecule has 0 fully saturated rings. The molecule has 0 atom stereocenters. The minimum absolute atomic E-state index is 0.0470. The molecule has 0 amide bonds. The standard InChI is InChI=1S/C13H15F3O2/c1-7(2)9-5-8(3)10(12(17)18-4)6-11(9)13(14,15)16/h5-7H,1-4H3. The zero-order valence-electron chi connectivity index (χ0n) is 10.7. The van der Waals surface area contributed by atoms with Gasteiger partial charge in [0, 0.05) is 0 Å². The van der Waals surface area contributed by atoms with E-state index in [1.165, 1.54) is 6.07 Å². The minimum Gasteiger partial charge on any atom is -0.465 e. The van der Waals surface area contributed by atoms with Gasteiger partial charge in [0.2, 0.25) is 0 Å². The molecule has 100 valence electrons. The number of rotatable bonds is 2. The van der Waals surface area contributed by atoms with E-state index in [0.29, 0.717) is 5.56 Å². The van der Waals surface area contributed by atoms with Crippen molar-refractivity contribution in [1.29, 1.82) is 0 Å². The number of alkyl halides is 3. The van der Waals surface area contributed by atoms with Gasteiger partial charge in [-0.25, -0.2) is 4.79 Å². The Morgan fingerprint density at radius 3 is 2.22 bits per heavy atom. The van der Waals surface area contributed by atoms with Crippen molar-refractivity contribution in [2.24, 2.45) is 0 Å². The summed E-state index contributed by atoms with van der Waals surface area (Å²) in [6, 6.07) is 2.27. The Balaban J connectivity index is 3.51. The average Bonchev–Trinajstić information content (AvgIpc) is 2.25. The molecule has 0 aliphatic heterocycles. The summed E-state index contributed by atoms with van der Waals surface area (Å²) in [7, 11) is 1.14. The summed E-state index contributed by atoms with van der Waals surface area (Å²) in [5.74, 6) is -1.03. The first-order valence-electron chi connectivity index (χ1n) is 5.48. The third-order valence-corrected chi connectivity index (χ3v) is 2.73. The topological polar surface area (TPSA) is 26.3 Å². The molecule has 0 heterocycles. The van der Waals surface area contributed by atoms with Crippen molar-refractivity contribution >= 4 is 5.97 Å². The molecule has 0 saturated carbocycles. The van der Waals surface area contributed by atoms with Crippen LogP contribution >= 0.6 is 0 Å². The quantitative estimate of drug-likeness (QED) is 0.753. The number of hydrogen-bond acceptors (Lipinski definition) is 2. The number of hydrogen-bond donors (Lipinski definition) is 0. The van der Waals surface area contributed by atoms with E-state index < -0.39 is 17.7 Å². The lowest BCUT2D eigenvalue weighted by atomic mass is 9.92. The highest BCUT2D eigenvalue weighted by molar-refractivity contribution is 5.91. The van der Waals surface area contributed by atoms with Crippen molar-refractivity contribution in [2.75, 3.05) is 7.11 Å². The first-order chi connectivity index (χ1) is 8.18. The first-order valence-corrected chi connectivity index (χ1v) is 5.48. The predicted octanol–water partition coefficient (Wildman–Crippen LogP) is 3.92. The number of carbonyl (C=O) groups is 1. The van der Waals surface area contributed by atoms with E-state index in [1.807, 2.05) is 0 Å². The maximum atomic E-state index is 12.9. The Labute approximate surface area is 104 Å². The molecule has 0 aromatic heterocycles. The molecule has 0 spiro atoms. The molecule has 0 N–H and O–H groups in total. The normalized spacial score (nSPS) is 11.8. The van der Waals surface area contributed by atoms with Crippen LogP contribution in [0.3, 0.4) is 0 Å². The smallest absolute Gasteiger partial charge is 0.416 e. The van der Waals surface area contributed by atoms with Crippen molar-refractivity contribution in [3.05, 3.63) is 34.4 Å². The Morgan fingerprint density at radius 2 is 1.83 bits per heavy atom. The van der Waals surface area contributed by atoms with Gasteiger partial charge >= 0.3 is 12.1 Å². The van der Waals surface area contributed by atoms with E-state index in [0.717, 1.165) is 13.2 Å². The minimum atomic E-state index is -4.48. The highest BCUT2D eigenvalue weighted by Gasteiger charge is 2.35. The van der Waals surface area contributed by atoms with Gasteiger partial charge in [-0.2, -0.15) is 13.2 Å². The van der Waals surface area contributed by atoms with Crippen LogP contribution in [-0.4, -0.2) is 13.1 Å². The summed E-state index contributed by atoms with van der Waals surface area (Å²) in [6.45, 7) is 4.96. The monoisotopic (exact) mass is 260 g/mol. The van der Waals surface area contributed by atoms with Gasteiger partial charge in [-0.15, -0.1) is 0 Å². The third kappa shape index (κ3) is 2.83. The number of carbonyl (C=O) groups excluding carboxylic acids is 1. The van der Waals surface area contributed by atoms with Gasteiger partial charge in [0.15, 0.2) is 0 Å². The van der Waals surface area contributed by atoms with Gasteiger partial charge in [-0.3, -0.25) is 0 Å². The summed E-state index contributed by atoms with van der Waals surface area (Å²) in [4.78, 5) is 11.4. The van der Waals surface area contributed by atoms with Gasteiger partial charge in [-0.1, -0.05) is 19.9 Å². The summed E-state index contributed by atoms with van der Waals surface area (Å²) < 4.78 is 43.3. The van der Waals surface area contributed by atoms with Crippen LogP contribution in [0, 0.1) is 6.92 Å². The average molecular weight is 260 g/mol. The molecule has 0 radical (unpaired) electrons. The Kier molecular flexibility index (Phi) is 4.04. The molecule has 0 unspecified atom stereocenters. The zero-order valence-corrected chi connectivity index (χ0v) is 10.7. The SMILES string of the molecule is COC(=O)c1cc(C(F)(F)F)c(C(C)C)cc1C. The number of aryl methyl sites for hydroxylation is 1. The Hall–Kier alpha value is -1.52. The van der Waals surface area contributed by atoms with Crippen LogP contribution in [0.4, 0.5) is 13.2 Å². The van der Waals surface area contributed by atoms with E-state index in [9.17, 15) is 18.0 Å². The maximum absolute atomic E-state index is 12.9. The van der Waals surface area contributed by atoms with Crippen LogP contribution in [0.5, 0.6) is 0 Å². The number of halogens is 3. The van der Waals surface area contributed by atoms with Crippen LogP contribution in [0.2, 0.25) is 0 Å². The summed E-state index contributed by atoms with van der Waals surface area (Å²) in [6.07, 6.45) is -4.48. The first kappa shape index (κ1) is 14.5. The van der Waals surface area contributed by atoms with Crippen LogP contribution in [-0.2, 0) is 10.9 Å². The second kappa shape index (κ2) is 5.00. The van der Waals surface area contributed by atoms with Crippen molar-refractivity contribution in [3.63, 3.8) is 0 Å². The summed E-state index contributed by atoms with van der Waals surface area (Å²) in [5, 5.41) is 0. The Morgan fingerprint density at radius 1 is 1.28 bits per heavy atom. The third-order valence-electron chi connectivity index (χ3n) is 2.73. The molecule has 18 heavy (non-hydrogen) atoms. The Bertz CT molecular complexity index is 462. The lowest BCUT2D eigenvalue weighted by Crippen LogP contribution is -2.14. The van der Waals surface area contributed by atoms with E-state index in [4.69, 9.17) is 0 Å². The molecule has 2 nitrogen and oxygen atoms in total. The van der Waals surface area contributed by atoms with Crippen LogP contribution in [0.1, 0.15) is 46.8 Å². The fourth-order valence-corrected chi connectivity index (χ4v) is 1.78. The van der Waals surface area contributed by atoms with E-state index >= 15 is 0 Å². The molecular formula is C13H15F3O2. The van der Waals surface area contributed by atoms with Crippen LogP contribution in [0.25, 0.3) is 0 Å². The maximum Gasteiger partial charge on any atom is 0.416 e. The van der Waals surface area contributed by atoms with Crippen molar-refractivity contribution < 1.29 is 22.7 Å². The molecule has 0 saturated heterocycles. The van der Waals surface area contributed by atoms with Crippen LogP contribution < -0.4 is 0 Å². The zero-order chi connectivity index (χ0) is 14.1. The number of ether oxygens (including phenoxy) is 1. The molecule has 0 bridgehead atoms. The molecular weight excluding hydrogens is 245 g/mol. The second-order valence-corrected chi connectivity index (χ2v) is 4.40. The fraction of sp³-hybridized carbons (Fsp3) is 0.462. The summed E-state index contributed by atoms with van der Waals surface area (Å²) in [5.41, 5.74) is -0.149. The molecule has 0 aliphatic rings. The van der Waals surface area contributed by atoms with Crippen molar-refractivity contribution in [1.82, 2.24) is 0 Å². The van der Waals surface area contributed by atoms with Crippen molar-refractivity contribution in [3.8, 4) is 0 Å². The van der Waals surface area contributed by atoms with E-state index in [2.05, 4.69) is 4.74 Å². The molecule has 1 aromatic rings. The molecule has 5 heteroatoms. The fourth-order valence-electron chi connectivity index (χ4n) is 1.78. The number of methoxy groups -OCH3 is 1. The highest BCUT2D eigenvalue weighted by Crippen LogP contribution is 2.36. The number of esters is 1. The van der Waals surface area contributed by atoms with Gasteiger partial charge in [0.05, 0.1) is 18.2 Å². The van der Waals surface area contributed by atoms with E-state index in [1.54, 1.807) is 20.8 Å². The van der Waals surface area contributed by atoms with Gasteiger partial charge in [0.1, 0.15) is 0 Å². The lowest BCUT2D eigenvalue weighted by Gasteiger charge is -2.18. The molecule has 0 aliphatic carbocycles. The highest BCUT2D eigenvalue weighted by atomic mass is 19.4. The number of benzene rings is 1. The van der Waals surface area contributed by atoms with E-state index in [-0.39, 0.29) is 17.0 Å². The largest absolute Gasteiger partial charge is 0.465 e. The predicted molar refractivity (Wildman–Crippen MR) is 61.6 cm³/mol. The lowest BCUT2D eigenvalue weighted by molar-refractivity contribution is -0.138. The van der Waals surface area contributed by atoms with Crippen LogP contribution in [0.15, 0.2) is 12.1 Å². The van der Waals surface area contributed by atoms with Gasteiger partial charge in [0.25, 0.3) is 0 Å². The second-order valence-electron chi connectivity index (χ2n) is 4.40. The molecule has 1 rings (SSSR count).